The minimum Gasteiger partial charge on any atom is -0.444 e. The monoisotopic (exact) mass is 294 g/mol. The van der Waals surface area contributed by atoms with Crippen LogP contribution in [0.4, 0.5) is 0 Å². The topological polar surface area (TPSA) is 38.1 Å². The van der Waals surface area contributed by atoms with Crippen LogP contribution < -0.4 is 5.32 Å². The largest absolute Gasteiger partial charge is 0.444 e. The van der Waals surface area contributed by atoms with Gasteiger partial charge in [0, 0.05) is 17.4 Å². The van der Waals surface area contributed by atoms with Gasteiger partial charge in [0.2, 0.25) is 5.89 Å². The number of benzene rings is 1. The maximum absolute atomic E-state index is 5.52. The molecule has 0 aliphatic carbocycles. The summed E-state index contributed by atoms with van der Waals surface area (Å²) in [5, 5.41) is 3.31. The Bertz CT molecular complexity index is 482. The van der Waals surface area contributed by atoms with E-state index in [-0.39, 0.29) is 0 Å². The van der Waals surface area contributed by atoms with E-state index in [1.807, 2.05) is 18.2 Å². The normalized spacial score (nSPS) is 10.7. The summed E-state index contributed by atoms with van der Waals surface area (Å²) in [7, 11) is 0. The van der Waals surface area contributed by atoms with Crippen LogP contribution in [0, 0.1) is 0 Å². The highest BCUT2D eigenvalue weighted by atomic mass is 79.9. The van der Waals surface area contributed by atoms with Crippen LogP contribution in [0.3, 0.4) is 0 Å². The van der Waals surface area contributed by atoms with Gasteiger partial charge >= 0.3 is 0 Å². The fraction of sp³-hybridized carbons (Fsp3) is 0.308. The lowest BCUT2D eigenvalue weighted by atomic mass is 10.2. The Labute approximate surface area is 109 Å². The fourth-order valence-corrected chi connectivity index (χ4v) is 1.96. The molecule has 17 heavy (non-hydrogen) atoms. The second-order valence-corrected chi connectivity index (χ2v) is 4.62. The molecule has 1 heterocycles. The standard InChI is InChI=1S/C13H15BrN2O/c1-2-11-8-16-13(17-11)9-15-7-10-5-3-4-6-12(10)14/h3-6,8,15H,2,7,9H2,1H3. The predicted molar refractivity (Wildman–Crippen MR) is 70.6 cm³/mol. The molecule has 3 nitrogen and oxygen atoms in total. The second kappa shape index (κ2) is 5.98. The van der Waals surface area contributed by atoms with Crippen molar-refractivity contribution in [2.75, 3.05) is 0 Å². The molecule has 0 unspecified atom stereocenters. The van der Waals surface area contributed by atoms with E-state index < -0.39 is 0 Å². The first-order valence-corrected chi connectivity index (χ1v) is 6.46. The molecule has 1 N–H and O–H groups in total. The third-order valence-corrected chi connectivity index (χ3v) is 3.27. The molecule has 0 aliphatic heterocycles. The van der Waals surface area contributed by atoms with Crippen LogP contribution in [0.2, 0.25) is 0 Å². The minimum atomic E-state index is 0.654. The van der Waals surface area contributed by atoms with Crippen molar-refractivity contribution >= 4 is 15.9 Å². The number of hydrogen-bond acceptors (Lipinski definition) is 3. The molecular weight excluding hydrogens is 280 g/mol. The van der Waals surface area contributed by atoms with E-state index in [0.717, 1.165) is 29.1 Å². The Morgan fingerprint density at radius 2 is 2.12 bits per heavy atom. The number of aromatic nitrogens is 1. The maximum atomic E-state index is 5.52. The van der Waals surface area contributed by atoms with Crippen LogP contribution in [0.1, 0.15) is 24.1 Å². The van der Waals surface area contributed by atoms with Gasteiger partial charge in [-0.3, -0.25) is 0 Å². The number of aryl methyl sites for hydroxylation is 1. The summed E-state index contributed by atoms with van der Waals surface area (Å²) >= 11 is 3.52. The molecular formula is C13H15BrN2O. The van der Waals surface area contributed by atoms with Crippen LogP contribution >= 0.6 is 15.9 Å². The molecule has 0 fully saturated rings. The van der Waals surface area contributed by atoms with Gasteiger partial charge in [-0.1, -0.05) is 41.1 Å². The number of nitrogens with zero attached hydrogens (tertiary/aromatic N) is 1. The first kappa shape index (κ1) is 12.3. The smallest absolute Gasteiger partial charge is 0.208 e. The quantitative estimate of drug-likeness (QED) is 0.920. The first-order chi connectivity index (χ1) is 8.29. The van der Waals surface area contributed by atoms with Crippen molar-refractivity contribution in [3.63, 3.8) is 0 Å². The van der Waals surface area contributed by atoms with E-state index in [4.69, 9.17) is 4.42 Å². The van der Waals surface area contributed by atoms with Gasteiger partial charge in [-0.2, -0.15) is 0 Å². The van der Waals surface area contributed by atoms with Crippen molar-refractivity contribution in [3.8, 4) is 0 Å². The SMILES string of the molecule is CCc1cnc(CNCc2ccccc2Br)o1. The summed E-state index contributed by atoms with van der Waals surface area (Å²) in [4.78, 5) is 4.20. The van der Waals surface area contributed by atoms with Crippen LogP contribution in [-0.2, 0) is 19.5 Å². The summed E-state index contributed by atoms with van der Waals surface area (Å²) in [5.41, 5.74) is 1.23. The molecule has 0 saturated carbocycles. The molecule has 0 atom stereocenters. The van der Waals surface area contributed by atoms with Crippen LogP contribution in [0.5, 0.6) is 0 Å². The molecule has 2 aromatic rings. The van der Waals surface area contributed by atoms with E-state index in [2.05, 4.69) is 39.2 Å². The third-order valence-electron chi connectivity index (χ3n) is 2.50. The van der Waals surface area contributed by atoms with Gasteiger partial charge in [0.1, 0.15) is 5.76 Å². The Hall–Kier alpha value is -1.13. The number of nitrogens with one attached hydrogen (secondary N) is 1. The predicted octanol–water partition coefficient (Wildman–Crippen LogP) is 3.29. The number of hydrogen-bond donors (Lipinski definition) is 1. The zero-order valence-corrected chi connectivity index (χ0v) is 11.3. The summed E-state index contributed by atoms with van der Waals surface area (Å²) in [6.45, 7) is 3.51. The lowest BCUT2D eigenvalue weighted by Crippen LogP contribution is -2.13. The van der Waals surface area contributed by atoms with Gasteiger partial charge < -0.3 is 9.73 Å². The Balaban J connectivity index is 1.85. The molecule has 0 amide bonds. The van der Waals surface area contributed by atoms with Crippen molar-refractivity contribution in [1.82, 2.24) is 10.3 Å². The van der Waals surface area contributed by atoms with Crippen LogP contribution in [0.25, 0.3) is 0 Å². The Morgan fingerprint density at radius 3 is 2.82 bits per heavy atom. The highest BCUT2D eigenvalue weighted by Gasteiger charge is 2.02. The molecule has 90 valence electrons. The highest BCUT2D eigenvalue weighted by molar-refractivity contribution is 9.10. The average molecular weight is 295 g/mol. The molecule has 1 aromatic heterocycles. The first-order valence-electron chi connectivity index (χ1n) is 5.67. The minimum absolute atomic E-state index is 0.654. The fourth-order valence-electron chi connectivity index (χ4n) is 1.54. The van der Waals surface area contributed by atoms with Gasteiger partial charge in [-0.15, -0.1) is 0 Å². The van der Waals surface area contributed by atoms with Gasteiger partial charge in [-0.05, 0) is 11.6 Å². The Morgan fingerprint density at radius 1 is 1.29 bits per heavy atom. The molecule has 2 rings (SSSR count). The van der Waals surface area contributed by atoms with Crippen LogP contribution in [0.15, 0.2) is 39.4 Å². The summed E-state index contributed by atoms with van der Waals surface area (Å²) in [6, 6.07) is 8.17. The summed E-state index contributed by atoms with van der Waals surface area (Å²) < 4.78 is 6.64. The van der Waals surface area contributed by atoms with E-state index in [0.29, 0.717) is 6.54 Å². The zero-order chi connectivity index (χ0) is 12.1. The van der Waals surface area contributed by atoms with Crippen LogP contribution in [-0.4, -0.2) is 4.98 Å². The van der Waals surface area contributed by atoms with Gasteiger partial charge in [0.05, 0.1) is 12.7 Å². The number of oxazole rings is 1. The molecule has 0 spiro atoms. The van der Waals surface area contributed by atoms with E-state index in [1.54, 1.807) is 6.20 Å². The number of halogens is 1. The van der Waals surface area contributed by atoms with Crippen molar-refractivity contribution in [2.24, 2.45) is 0 Å². The van der Waals surface area contributed by atoms with Gasteiger partial charge in [0.15, 0.2) is 0 Å². The third kappa shape index (κ3) is 3.41. The lowest BCUT2D eigenvalue weighted by Gasteiger charge is -2.04. The van der Waals surface area contributed by atoms with E-state index in [9.17, 15) is 0 Å². The average Bonchev–Trinajstić information content (AvgIpc) is 2.80. The maximum Gasteiger partial charge on any atom is 0.208 e. The van der Waals surface area contributed by atoms with Gasteiger partial charge in [0.25, 0.3) is 0 Å². The Kier molecular flexibility index (Phi) is 4.34. The van der Waals surface area contributed by atoms with Crippen molar-refractivity contribution < 1.29 is 4.42 Å². The number of rotatable bonds is 5. The lowest BCUT2D eigenvalue weighted by molar-refractivity contribution is 0.439. The van der Waals surface area contributed by atoms with Crippen molar-refractivity contribution in [2.45, 2.75) is 26.4 Å². The molecule has 0 aliphatic rings. The van der Waals surface area contributed by atoms with E-state index in [1.165, 1.54) is 5.56 Å². The van der Waals surface area contributed by atoms with E-state index >= 15 is 0 Å². The zero-order valence-electron chi connectivity index (χ0n) is 9.74. The van der Waals surface area contributed by atoms with Crippen molar-refractivity contribution in [1.29, 1.82) is 0 Å². The second-order valence-electron chi connectivity index (χ2n) is 3.77. The molecule has 1 aromatic carbocycles. The molecule has 0 saturated heterocycles. The highest BCUT2D eigenvalue weighted by Crippen LogP contribution is 2.15. The summed E-state index contributed by atoms with van der Waals surface area (Å²) in [5.74, 6) is 1.68. The molecule has 4 heteroatoms. The van der Waals surface area contributed by atoms with Crippen molar-refractivity contribution in [3.05, 3.63) is 52.1 Å². The molecule has 0 radical (unpaired) electrons. The summed E-state index contributed by atoms with van der Waals surface area (Å²) in [6.07, 6.45) is 2.67. The van der Waals surface area contributed by atoms with Gasteiger partial charge in [-0.25, -0.2) is 4.98 Å². The molecule has 0 bridgehead atoms.